The van der Waals surface area contributed by atoms with Gasteiger partial charge in [-0.05, 0) is 36.4 Å². The number of halogens is 1. The molecular formula is C11H7BrO4S2. The first-order valence-corrected chi connectivity index (χ1v) is 7.84. The van der Waals surface area contributed by atoms with Crippen LogP contribution in [-0.2, 0) is 9.84 Å². The predicted molar refractivity (Wildman–Crippen MR) is 70.9 cm³/mol. The van der Waals surface area contributed by atoms with Crippen molar-refractivity contribution in [3.05, 3.63) is 45.7 Å². The van der Waals surface area contributed by atoms with E-state index < -0.39 is 15.8 Å². The van der Waals surface area contributed by atoms with Crippen LogP contribution < -0.4 is 0 Å². The van der Waals surface area contributed by atoms with Crippen LogP contribution in [0.5, 0.6) is 0 Å². The van der Waals surface area contributed by atoms with Crippen molar-refractivity contribution in [1.82, 2.24) is 0 Å². The van der Waals surface area contributed by atoms with Crippen molar-refractivity contribution in [1.29, 1.82) is 0 Å². The van der Waals surface area contributed by atoms with Crippen LogP contribution in [0.25, 0.3) is 0 Å². The molecule has 0 bridgehead atoms. The first kappa shape index (κ1) is 13.3. The summed E-state index contributed by atoms with van der Waals surface area (Å²) < 4.78 is 25.2. The second kappa shape index (κ2) is 4.83. The third kappa shape index (κ3) is 2.47. The Kier molecular flexibility index (Phi) is 3.56. The third-order valence-corrected chi connectivity index (χ3v) is 6.04. The van der Waals surface area contributed by atoms with E-state index in [1.165, 1.54) is 24.3 Å². The Morgan fingerprint density at radius 1 is 1.11 bits per heavy atom. The van der Waals surface area contributed by atoms with E-state index >= 15 is 0 Å². The van der Waals surface area contributed by atoms with E-state index in [1.54, 1.807) is 12.1 Å². The van der Waals surface area contributed by atoms with Crippen LogP contribution in [0, 0.1) is 0 Å². The Hall–Kier alpha value is -1.18. The van der Waals surface area contributed by atoms with Gasteiger partial charge in [-0.3, -0.25) is 0 Å². The van der Waals surface area contributed by atoms with Crippen LogP contribution in [-0.4, -0.2) is 19.5 Å². The minimum absolute atomic E-state index is 0.00527. The lowest BCUT2D eigenvalue weighted by Gasteiger charge is -2.01. The molecule has 1 aromatic heterocycles. The molecule has 18 heavy (non-hydrogen) atoms. The minimum atomic E-state index is -3.63. The maximum atomic E-state index is 12.2. The van der Waals surface area contributed by atoms with Gasteiger partial charge in [-0.15, -0.1) is 11.3 Å². The molecular weight excluding hydrogens is 340 g/mol. The van der Waals surface area contributed by atoms with Gasteiger partial charge in [0.1, 0.15) is 9.09 Å². The molecule has 0 spiro atoms. The van der Waals surface area contributed by atoms with E-state index in [-0.39, 0.29) is 14.0 Å². The number of sulfone groups is 1. The summed E-state index contributed by atoms with van der Waals surface area (Å²) in [6, 6.07) is 8.79. The molecule has 7 heteroatoms. The Labute approximate surface area is 116 Å². The van der Waals surface area contributed by atoms with Gasteiger partial charge in [-0.1, -0.05) is 15.9 Å². The number of carbonyl (C=O) groups is 1. The number of carboxylic acids is 1. The van der Waals surface area contributed by atoms with Crippen LogP contribution in [0.1, 0.15) is 9.67 Å². The highest BCUT2D eigenvalue weighted by Crippen LogP contribution is 2.28. The summed E-state index contributed by atoms with van der Waals surface area (Å²) in [5.41, 5.74) is 0. The fourth-order valence-corrected chi connectivity index (χ4v) is 4.12. The van der Waals surface area contributed by atoms with Gasteiger partial charge in [0.25, 0.3) is 0 Å². The SMILES string of the molecule is O=C(O)c1ccc(S(=O)(=O)c2ccc(Br)cc2)s1. The van der Waals surface area contributed by atoms with Gasteiger partial charge in [-0.2, -0.15) is 0 Å². The van der Waals surface area contributed by atoms with Crippen molar-refractivity contribution in [2.45, 2.75) is 9.10 Å². The number of rotatable bonds is 3. The summed E-state index contributed by atoms with van der Waals surface area (Å²) in [6.45, 7) is 0. The average molecular weight is 347 g/mol. The topological polar surface area (TPSA) is 71.4 Å². The number of hydrogen-bond acceptors (Lipinski definition) is 4. The van der Waals surface area contributed by atoms with Crippen molar-refractivity contribution in [3.63, 3.8) is 0 Å². The first-order valence-electron chi connectivity index (χ1n) is 4.75. The Balaban J connectivity index is 2.47. The van der Waals surface area contributed by atoms with Crippen molar-refractivity contribution < 1.29 is 18.3 Å². The van der Waals surface area contributed by atoms with Crippen molar-refractivity contribution >= 4 is 43.1 Å². The largest absolute Gasteiger partial charge is 0.477 e. The quantitative estimate of drug-likeness (QED) is 0.926. The van der Waals surface area contributed by atoms with Crippen molar-refractivity contribution in [2.24, 2.45) is 0 Å². The summed E-state index contributed by atoms with van der Waals surface area (Å²) in [7, 11) is -3.63. The monoisotopic (exact) mass is 346 g/mol. The van der Waals surface area contributed by atoms with Crippen LogP contribution in [0.2, 0.25) is 0 Å². The maximum Gasteiger partial charge on any atom is 0.345 e. The smallest absolute Gasteiger partial charge is 0.345 e. The zero-order valence-corrected chi connectivity index (χ0v) is 12.0. The van der Waals surface area contributed by atoms with E-state index in [0.29, 0.717) is 0 Å². The summed E-state index contributed by atoms with van der Waals surface area (Å²) in [4.78, 5) is 10.9. The molecule has 0 aliphatic heterocycles. The number of aromatic carboxylic acids is 1. The van der Waals surface area contributed by atoms with Crippen molar-refractivity contribution in [3.8, 4) is 0 Å². The molecule has 1 heterocycles. The average Bonchev–Trinajstić information content (AvgIpc) is 2.79. The van der Waals surface area contributed by atoms with E-state index in [4.69, 9.17) is 5.11 Å². The first-order chi connectivity index (χ1) is 8.41. The van der Waals surface area contributed by atoms with Gasteiger partial charge >= 0.3 is 5.97 Å². The van der Waals surface area contributed by atoms with Gasteiger partial charge in [0, 0.05) is 4.47 Å². The summed E-state index contributed by atoms with van der Waals surface area (Å²) >= 11 is 3.97. The standard InChI is InChI=1S/C11H7BrO4S2/c12-7-1-3-8(4-2-7)18(15,16)10-6-5-9(17-10)11(13)14/h1-6H,(H,13,14). The summed E-state index contributed by atoms with van der Waals surface area (Å²) in [5, 5.41) is 8.78. The molecule has 0 fully saturated rings. The van der Waals surface area contributed by atoms with Gasteiger partial charge in [-0.25, -0.2) is 13.2 Å². The Morgan fingerprint density at radius 2 is 1.72 bits per heavy atom. The molecule has 0 aliphatic rings. The zero-order valence-electron chi connectivity index (χ0n) is 8.83. The number of thiophene rings is 1. The van der Waals surface area contributed by atoms with E-state index in [2.05, 4.69) is 15.9 Å². The maximum absolute atomic E-state index is 12.2. The second-order valence-corrected chi connectivity index (χ2v) is 7.56. The lowest BCUT2D eigenvalue weighted by atomic mass is 10.4. The van der Waals surface area contributed by atoms with Crippen molar-refractivity contribution in [2.75, 3.05) is 0 Å². The van der Waals surface area contributed by atoms with Crippen LogP contribution >= 0.6 is 27.3 Å². The third-order valence-electron chi connectivity index (χ3n) is 2.18. The lowest BCUT2D eigenvalue weighted by Crippen LogP contribution is -1.99. The Bertz CT molecular complexity index is 686. The van der Waals surface area contributed by atoms with Gasteiger partial charge in [0.05, 0.1) is 4.90 Å². The van der Waals surface area contributed by atoms with Gasteiger partial charge < -0.3 is 5.11 Å². The number of hydrogen-bond donors (Lipinski definition) is 1. The highest BCUT2D eigenvalue weighted by Gasteiger charge is 2.21. The predicted octanol–water partition coefficient (Wildman–Crippen LogP) is 3.04. The molecule has 2 rings (SSSR count). The second-order valence-electron chi connectivity index (χ2n) is 3.38. The number of benzene rings is 1. The highest BCUT2D eigenvalue weighted by molar-refractivity contribution is 9.10. The van der Waals surface area contributed by atoms with E-state index in [9.17, 15) is 13.2 Å². The molecule has 94 valence electrons. The molecule has 2 aromatic rings. The Morgan fingerprint density at radius 3 is 2.22 bits per heavy atom. The molecule has 0 atom stereocenters. The summed E-state index contributed by atoms with van der Waals surface area (Å²) in [5.74, 6) is -1.13. The normalized spacial score (nSPS) is 11.4. The minimum Gasteiger partial charge on any atom is -0.477 e. The molecule has 0 saturated heterocycles. The molecule has 1 aromatic carbocycles. The lowest BCUT2D eigenvalue weighted by molar-refractivity contribution is 0.0702. The zero-order chi connectivity index (χ0) is 13.3. The molecule has 0 saturated carbocycles. The molecule has 0 aliphatic carbocycles. The number of carboxylic acid groups (broad SMARTS) is 1. The molecule has 0 radical (unpaired) electrons. The van der Waals surface area contributed by atoms with Gasteiger partial charge in [0.2, 0.25) is 9.84 Å². The highest BCUT2D eigenvalue weighted by atomic mass is 79.9. The molecule has 4 nitrogen and oxygen atoms in total. The van der Waals surface area contributed by atoms with E-state index in [1.807, 2.05) is 0 Å². The summed E-state index contributed by atoms with van der Waals surface area (Å²) in [6.07, 6.45) is 0. The molecule has 0 unspecified atom stereocenters. The fourth-order valence-electron chi connectivity index (χ4n) is 1.31. The molecule has 1 N–H and O–H groups in total. The fraction of sp³-hybridized carbons (Fsp3) is 0. The van der Waals surface area contributed by atoms with Crippen LogP contribution in [0.3, 0.4) is 0 Å². The van der Waals surface area contributed by atoms with Gasteiger partial charge in [0.15, 0.2) is 0 Å². The molecule has 0 amide bonds. The van der Waals surface area contributed by atoms with Crippen LogP contribution in [0.4, 0.5) is 0 Å². The van der Waals surface area contributed by atoms with Crippen LogP contribution in [0.15, 0.2) is 50.0 Å². The van der Waals surface area contributed by atoms with E-state index in [0.717, 1.165) is 15.8 Å².